The molecule has 1 aliphatic rings. The monoisotopic (exact) mass is 253 g/mol. The van der Waals surface area contributed by atoms with Crippen molar-refractivity contribution in [3.8, 4) is 0 Å². The molecular formula is C11H15N3O2S. The van der Waals surface area contributed by atoms with E-state index >= 15 is 0 Å². The molecule has 0 radical (unpaired) electrons. The van der Waals surface area contributed by atoms with Crippen molar-refractivity contribution >= 4 is 23.3 Å². The lowest BCUT2D eigenvalue weighted by Crippen LogP contribution is -2.18. The van der Waals surface area contributed by atoms with Crippen LogP contribution in [0.4, 0.5) is 11.5 Å². The van der Waals surface area contributed by atoms with Gasteiger partial charge in [-0.25, -0.2) is 4.98 Å². The van der Waals surface area contributed by atoms with Gasteiger partial charge >= 0.3 is 5.69 Å². The van der Waals surface area contributed by atoms with Crippen molar-refractivity contribution in [3.05, 3.63) is 27.9 Å². The largest absolute Gasteiger partial charge is 0.363 e. The molecule has 17 heavy (non-hydrogen) atoms. The first kappa shape index (κ1) is 12.2. The third-order valence-electron chi connectivity index (χ3n) is 3.02. The lowest BCUT2D eigenvalue weighted by atomic mass is 10.3. The fraction of sp³-hybridized carbons (Fsp3) is 0.545. The van der Waals surface area contributed by atoms with Gasteiger partial charge in [0.05, 0.1) is 4.92 Å². The van der Waals surface area contributed by atoms with E-state index in [-0.39, 0.29) is 15.4 Å². The Balaban J connectivity index is 2.12. The first-order chi connectivity index (χ1) is 8.06. The van der Waals surface area contributed by atoms with Gasteiger partial charge in [0, 0.05) is 23.6 Å². The van der Waals surface area contributed by atoms with Crippen LogP contribution in [-0.2, 0) is 0 Å². The number of aryl methyl sites for hydroxylation is 1. The Hall–Kier alpha value is -1.30. The minimum absolute atomic E-state index is 0.0573. The Bertz CT molecular complexity index is 446. The lowest BCUT2D eigenvalue weighted by Gasteiger charge is -2.13. The summed E-state index contributed by atoms with van der Waals surface area (Å²) in [7, 11) is 0. The van der Waals surface area contributed by atoms with Crippen LogP contribution in [0.2, 0.25) is 0 Å². The summed E-state index contributed by atoms with van der Waals surface area (Å²) >= 11 is 1.81. The van der Waals surface area contributed by atoms with Crippen molar-refractivity contribution in [2.45, 2.75) is 24.5 Å². The van der Waals surface area contributed by atoms with Gasteiger partial charge < -0.3 is 5.32 Å². The molecule has 1 aromatic rings. The smallest absolute Gasteiger partial charge is 0.311 e. The molecule has 0 atom stereocenters. The zero-order chi connectivity index (χ0) is 12.5. The van der Waals surface area contributed by atoms with Crippen LogP contribution in [0.15, 0.2) is 12.3 Å². The van der Waals surface area contributed by atoms with Gasteiger partial charge in [0.25, 0.3) is 0 Å². The SMILES string of the molecule is CSC1(CNc2ncc(C)cc2[N+](=O)[O-])CC1. The van der Waals surface area contributed by atoms with Crippen LogP contribution >= 0.6 is 11.8 Å². The average molecular weight is 253 g/mol. The Morgan fingerprint density at radius 2 is 2.35 bits per heavy atom. The van der Waals surface area contributed by atoms with Gasteiger partial charge in [0.2, 0.25) is 5.82 Å². The second-order valence-corrected chi connectivity index (χ2v) is 5.65. The maximum Gasteiger partial charge on any atom is 0.311 e. The molecule has 1 N–H and O–H groups in total. The van der Waals surface area contributed by atoms with Gasteiger partial charge in [0.15, 0.2) is 0 Å². The number of nitrogens with zero attached hydrogens (tertiary/aromatic N) is 2. The summed E-state index contributed by atoms with van der Waals surface area (Å²) in [6.07, 6.45) is 6.06. The first-order valence-corrected chi connectivity index (χ1v) is 6.69. The predicted octanol–water partition coefficient (Wildman–Crippen LogP) is 2.61. The Morgan fingerprint density at radius 3 is 2.88 bits per heavy atom. The quantitative estimate of drug-likeness (QED) is 0.645. The number of nitro groups is 1. The van der Waals surface area contributed by atoms with Crippen LogP contribution in [0.5, 0.6) is 0 Å². The molecule has 0 bridgehead atoms. The highest BCUT2D eigenvalue weighted by Crippen LogP contribution is 2.47. The zero-order valence-corrected chi connectivity index (χ0v) is 10.7. The van der Waals surface area contributed by atoms with E-state index in [1.54, 1.807) is 19.2 Å². The molecule has 1 aromatic heterocycles. The van der Waals surface area contributed by atoms with Crippen LogP contribution in [0.1, 0.15) is 18.4 Å². The minimum Gasteiger partial charge on any atom is -0.363 e. The highest BCUT2D eigenvalue weighted by atomic mass is 32.2. The second-order valence-electron chi connectivity index (χ2n) is 4.38. The van der Waals surface area contributed by atoms with Crippen LogP contribution in [0, 0.1) is 17.0 Å². The third kappa shape index (κ3) is 2.69. The highest BCUT2D eigenvalue weighted by Gasteiger charge is 2.42. The van der Waals surface area contributed by atoms with E-state index in [1.165, 1.54) is 12.8 Å². The Labute approximate surface area is 104 Å². The summed E-state index contributed by atoms with van der Waals surface area (Å²) in [5.41, 5.74) is 0.857. The minimum atomic E-state index is -0.388. The van der Waals surface area contributed by atoms with Crippen molar-refractivity contribution in [3.63, 3.8) is 0 Å². The number of anilines is 1. The first-order valence-electron chi connectivity index (χ1n) is 5.46. The van der Waals surface area contributed by atoms with Gasteiger partial charge in [-0.2, -0.15) is 11.8 Å². The Morgan fingerprint density at radius 1 is 1.65 bits per heavy atom. The van der Waals surface area contributed by atoms with Crippen molar-refractivity contribution in [1.29, 1.82) is 0 Å². The van der Waals surface area contributed by atoms with Gasteiger partial charge in [-0.1, -0.05) is 0 Å². The summed E-state index contributed by atoms with van der Waals surface area (Å²) in [5, 5.41) is 14.0. The molecule has 5 nitrogen and oxygen atoms in total. The fourth-order valence-electron chi connectivity index (χ4n) is 1.67. The van der Waals surface area contributed by atoms with Crippen LogP contribution in [0.25, 0.3) is 0 Å². The standard InChI is InChI=1S/C11H15N3O2S/c1-8-5-9(14(15)16)10(12-6-8)13-7-11(17-2)3-4-11/h5-6H,3-4,7H2,1-2H3,(H,12,13). The summed E-state index contributed by atoms with van der Waals surface area (Å²) in [4.78, 5) is 14.6. The van der Waals surface area contributed by atoms with Crippen molar-refractivity contribution < 1.29 is 4.92 Å². The third-order valence-corrected chi connectivity index (χ3v) is 4.44. The van der Waals surface area contributed by atoms with Gasteiger partial charge in [-0.05, 0) is 31.6 Å². The number of pyridine rings is 1. The van der Waals surface area contributed by atoms with E-state index in [2.05, 4.69) is 16.6 Å². The van der Waals surface area contributed by atoms with Crippen LogP contribution < -0.4 is 5.32 Å². The lowest BCUT2D eigenvalue weighted by molar-refractivity contribution is -0.384. The normalized spacial score (nSPS) is 16.6. The number of aromatic nitrogens is 1. The van der Waals surface area contributed by atoms with Gasteiger partial charge in [-0.3, -0.25) is 10.1 Å². The maximum absolute atomic E-state index is 10.9. The molecule has 92 valence electrons. The summed E-state index contributed by atoms with van der Waals surface area (Å²) in [6.45, 7) is 2.54. The van der Waals surface area contributed by atoms with E-state index < -0.39 is 0 Å². The molecule has 2 rings (SSSR count). The molecule has 6 heteroatoms. The molecule has 1 aliphatic carbocycles. The molecule has 1 saturated carbocycles. The summed E-state index contributed by atoms with van der Waals surface area (Å²) in [5.74, 6) is 0.376. The number of rotatable bonds is 5. The molecule has 0 saturated heterocycles. The molecular weight excluding hydrogens is 238 g/mol. The molecule has 0 aliphatic heterocycles. The van der Waals surface area contributed by atoms with Gasteiger partial charge in [0.1, 0.15) is 0 Å². The average Bonchev–Trinajstić information content (AvgIpc) is 3.08. The topological polar surface area (TPSA) is 68.1 Å². The highest BCUT2D eigenvalue weighted by molar-refractivity contribution is 8.00. The van der Waals surface area contributed by atoms with E-state index in [0.717, 1.165) is 12.1 Å². The maximum atomic E-state index is 10.9. The number of thioether (sulfide) groups is 1. The predicted molar refractivity (Wildman–Crippen MR) is 69.6 cm³/mol. The molecule has 0 unspecified atom stereocenters. The number of hydrogen-bond donors (Lipinski definition) is 1. The summed E-state index contributed by atoms with van der Waals surface area (Å²) in [6, 6.07) is 1.55. The number of hydrogen-bond acceptors (Lipinski definition) is 5. The molecule has 1 heterocycles. The van der Waals surface area contributed by atoms with E-state index in [0.29, 0.717) is 5.82 Å². The van der Waals surface area contributed by atoms with E-state index in [1.807, 2.05) is 11.8 Å². The van der Waals surface area contributed by atoms with Crippen molar-refractivity contribution in [2.75, 3.05) is 18.1 Å². The zero-order valence-electron chi connectivity index (χ0n) is 9.90. The molecule has 0 amide bonds. The molecule has 0 spiro atoms. The Kier molecular flexibility index (Phi) is 3.24. The van der Waals surface area contributed by atoms with Crippen LogP contribution in [0.3, 0.4) is 0 Å². The fourth-order valence-corrected chi connectivity index (χ4v) is 2.39. The molecule has 1 fully saturated rings. The number of nitrogens with one attached hydrogen (secondary N) is 1. The van der Waals surface area contributed by atoms with Crippen molar-refractivity contribution in [2.24, 2.45) is 0 Å². The van der Waals surface area contributed by atoms with Crippen LogP contribution in [-0.4, -0.2) is 27.5 Å². The molecule has 0 aromatic carbocycles. The van der Waals surface area contributed by atoms with E-state index in [9.17, 15) is 10.1 Å². The van der Waals surface area contributed by atoms with E-state index in [4.69, 9.17) is 0 Å². The second kappa shape index (κ2) is 4.52. The van der Waals surface area contributed by atoms with Gasteiger partial charge in [-0.15, -0.1) is 0 Å². The van der Waals surface area contributed by atoms with Crippen molar-refractivity contribution in [1.82, 2.24) is 4.98 Å². The summed E-state index contributed by atoms with van der Waals surface area (Å²) < 4.78 is 0.264.